The van der Waals surface area contributed by atoms with E-state index in [1.54, 1.807) is 0 Å². The molecular weight excluding hydrogens is 184 g/mol. The van der Waals surface area contributed by atoms with Gasteiger partial charge >= 0.3 is 0 Å². The van der Waals surface area contributed by atoms with Gasteiger partial charge in [-0.3, -0.25) is 0 Å². The van der Waals surface area contributed by atoms with E-state index in [1.165, 1.54) is 44.9 Å². The SMILES string of the molecule is CC(CCO)C(C1CCCCC1)C1CC1. The lowest BCUT2D eigenvalue weighted by atomic mass is 9.71. The van der Waals surface area contributed by atoms with Gasteiger partial charge in [-0.25, -0.2) is 0 Å². The maximum atomic E-state index is 9.09. The van der Waals surface area contributed by atoms with Gasteiger partial charge in [0.05, 0.1) is 0 Å². The fourth-order valence-corrected chi connectivity index (χ4v) is 3.71. The Kier molecular flexibility index (Phi) is 4.07. The zero-order valence-corrected chi connectivity index (χ0v) is 10.1. The van der Waals surface area contributed by atoms with Crippen LogP contribution in [0.2, 0.25) is 0 Å². The van der Waals surface area contributed by atoms with Crippen molar-refractivity contribution in [2.75, 3.05) is 6.61 Å². The molecule has 1 nitrogen and oxygen atoms in total. The van der Waals surface area contributed by atoms with E-state index >= 15 is 0 Å². The lowest BCUT2D eigenvalue weighted by Crippen LogP contribution is -2.26. The highest BCUT2D eigenvalue weighted by atomic mass is 16.3. The topological polar surface area (TPSA) is 20.2 Å². The molecule has 0 aromatic carbocycles. The number of aliphatic hydroxyl groups excluding tert-OH is 1. The first-order valence-electron chi connectivity index (χ1n) is 6.93. The number of aliphatic hydroxyl groups is 1. The second-order valence-electron chi connectivity index (χ2n) is 5.80. The van der Waals surface area contributed by atoms with E-state index < -0.39 is 0 Å². The molecule has 0 radical (unpaired) electrons. The Morgan fingerprint density at radius 3 is 2.13 bits per heavy atom. The smallest absolute Gasteiger partial charge is 0.0433 e. The third-order valence-corrected chi connectivity index (χ3v) is 4.60. The van der Waals surface area contributed by atoms with Gasteiger partial charge in [-0.15, -0.1) is 0 Å². The summed E-state index contributed by atoms with van der Waals surface area (Å²) in [5.41, 5.74) is 0. The minimum absolute atomic E-state index is 0.386. The summed E-state index contributed by atoms with van der Waals surface area (Å²) in [5.74, 6) is 3.71. The van der Waals surface area contributed by atoms with Gasteiger partial charge in [0, 0.05) is 6.61 Å². The van der Waals surface area contributed by atoms with Crippen LogP contribution in [0.3, 0.4) is 0 Å². The van der Waals surface area contributed by atoms with Crippen LogP contribution in [0.5, 0.6) is 0 Å². The first-order chi connectivity index (χ1) is 7.33. The van der Waals surface area contributed by atoms with E-state index in [2.05, 4.69) is 6.92 Å². The Bertz CT molecular complexity index is 180. The molecule has 2 saturated carbocycles. The zero-order chi connectivity index (χ0) is 10.7. The van der Waals surface area contributed by atoms with Gasteiger partial charge in [0.25, 0.3) is 0 Å². The maximum Gasteiger partial charge on any atom is 0.0433 e. The molecule has 0 heterocycles. The molecule has 0 aromatic rings. The van der Waals surface area contributed by atoms with Gasteiger partial charge in [0.1, 0.15) is 0 Å². The second kappa shape index (κ2) is 5.34. The van der Waals surface area contributed by atoms with Crippen LogP contribution >= 0.6 is 0 Å². The molecule has 2 rings (SSSR count). The first kappa shape index (κ1) is 11.4. The average Bonchev–Trinajstić information content (AvgIpc) is 3.04. The van der Waals surface area contributed by atoms with Gasteiger partial charge in [0.2, 0.25) is 0 Å². The molecule has 1 heteroatoms. The molecule has 0 bridgehead atoms. The lowest BCUT2D eigenvalue weighted by molar-refractivity contribution is 0.137. The molecule has 0 saturated heterocycles. The van der Waals surface area contributed by atoms with E-state index in [0.29, 0.717) is 6.61 Å². The van der Waals surface area contributed by atoms with Crippen LogP contribution in [-0.2, 0) is 0 Å². The third kappa shape index (κ3) is 2.96. The second-order valence-corrected chi connectivity index (χ2v) is 5.80. The average molecular weight is 210 g/mol. The highest BCUT2D eigenvalue weighted by Gasteiger charge is 2.39. The van der Waals surface area contributed by atoms with E-state index in [1.807, 2.05) is 0 Å². The molecule has 15 heavy (non-hydrogen) atoms. The van der Waals surface area contributed by atoms with Gasteiger partial charge in [0.15, 0.2) is 0 Å². The normalized spacial score (nSPS) is 27.6. The maximum absolute atomic E-state index is 9.09. The van der Waals surface area contributed by atoms with Crippen LogP contribution in [0.4, 0.5) is 0 Å². The Hall–Kier alpha value is -0.0400. The van der Waals surface area contributed by atoms with Crippen molar-refractivity contribution in [3.8, 4) is 0 Å². The standard InChI is InChI=1S/C14H26O/c1-11(9-10-15)14(13-7-8-13)12-5-3-2-4-6-12/h11-15H,2-10H2,1H3. The van der Waals surface area contributed by atoms with E-state index in [-0.39, 0.29) is 0 Å². The molecule has 0 spiro atoms. The zero-order valence-electron chi connectivity index (χ0n) is 10.1. The van der Waals surface area contributed by atoms with Crippen molar-refractivity contribution in [3.05, 3.63) is 0 Å². The van der Waals surface area contributed by atoms with Gasteiger partial charge in [-0.05, 0) is 42.9 Å². The molecule has 2 aliphatic rings. The van der Waals surface area contributed by atoms with Crippen molar-refractivity contribution in [2.45, 2.75) is 58.3 Å². The van der Waals surface area contributed by atoms with Crippen LogP contribution in [0.25, 0.3) is 0 Å². The molecule has 88 valence electrons. The van der Waals surface area contributed by atoms with Crippen molar-refractivity contribution >= 4 is 0 Å². The van der Waals surface area contributed by atoms with Crippen LogP contribution in [0, 0.1) is 23.7 Å². The number of rotatable bonds is 5. The molecule has 2 atom stereocenters. The Balaban J connectivity index is 1.91. The first-order valence-corrected chi connectivity index (χ1v) is 6.93. The molecule has 2 fully saturated rings. The number of hydrogen-bond acceptors (Lipinski definition) is 1. The van der Waals surface area contributed by atoms with Crippen molar-refractivity contribution in [1.29, 1.82) is 0 Å². The monoisotopic (exact) mass is 210 g/mol. The minimum atomic E-state index is 0.386. The Morgan fingerprint density at radius 2 is 1.60 bits per heavy atom. The highest BCUT2D eigenvalue weighted by molar-refractivity contribution is 4.89. The van der Waals surface area contributed by atoms with Gasteiger partial charge in [-0.1, -0.05) is 39.0 Å². The summed E-state index contributed by atoms with van der Waals surface area (Å²) in [4.78, 5) is 0. The van der Waals surface area contributed by atoms with Gasteiger partial charge < -0.3 is 5.11 Å². The molecule has 0 aromatic heterocycles. The molecule has 2 unspecified atom stereocenters. The van der Waals surface area contributed by atoms with Gasteiger partial charge in [-0.2, -0.15) is 0 Å². The molecule has 2 aliphatic carbocycles. The lowest BCUT2D eigenvalue weighted by Gasteiger charge is -2.34. The summed E-state index contributed by atoms with van der Waals surface area (Å²) in [5, 5.41) is 9.09. The quantitative estimate of drug-likeness (QED) is 0.735. The van der Waals surface area contributed by atoms with Crippen LogP contribution in [0.1, 0.15) is 58.3 Å². The largest absolute Gasteiger partial charge is 0.396 e. The van der Waals surface area contributed by atoms with Crippen LogP contribution in [0.15, 0.2) is 0 Å². The molecule has 1 N–H and O–H groups in total. The molecule has 0 aliphatic heterocycles. The third-order valence-electron chi connectivity index (χ3n) is 4.60. The summed E-state index contributed by atoms with van der Waals surface area (Å²) in [7, 11) is 0. The predicted molar refractivity (Wildman–Crippen MR) is 63.7 cm³/mol. The van der Waals surface area contributed by atoms with Crippen molar-refractivity contribution in [1.82, 2.24) is 0 Å². The van der Waals surface area contributed by atoms with E-state index in [0.717, 1.165) is 30.1 Å². The molecular formula is C14H26O. The summed E-state index contributed by atoms with van der Waals surface area (Å²) in [6.07, 6.45) is 11.3. The fraction of sp³-hybridized carbons (Fsp3) is 1.00. The summed E-state index contributed by atoms with van der Waals surface area (Å²) in [6, 6.07) is 0. The Morgan fingerprint density at radius 1 is 1.00 bits per heavy atom. The van der Waals surface area contributed by atoms with Crippen molar-refractivity contribution in [2.24, 2.45) is 23.7 Å². The van der Waals surface area contributed by atoms with Crippen molar-refractivity contribution in [3.63, 3.8) is 0 Å². The number of hydrogen-bond donors (Lipinski definition) is 1. The van der Waals surface area contributed by atoms with E-state index in [9.17, 15) is 0 Å². The van der Waals surface area contributed by atoms with Crippen LogP contribution in [-0.4, -0.2) is 11.7 Å². The molecule has 0 amide bonds. The predicted octanol–water partition coefficient (Wildman–Crippen LogP) is 3.61. The minimum Gasteiger partial charge on any atom is -0.396 e. The summed E-state index contributed by atoms with van der Waals surface area (Å²) < 4.78 is 0. The highest BCUT2D eigenvalue weighted by Crippen LogP contribution is 2.48. The fourth-order valence-electron chi connectivity index (χ4n) is 3.71. The summed E-state index contributed by atoms with van der Waals surface area (Å²) in [6.45, 7) is 2.75. The van der Waals surface area contributed by atoms with Crippen molar-refractivity contribution < 1.29 is 5.11 Å². The van der Waals surface area contributed by atoms with E-state index in [4.69, 9.17) is 5.11 Å². The Labute approximate surface area is 94.3 Å². The van der Waals surface area contributed by atoms with Crippen LogP contribution < -0.4 is 0 Å². The summed E-state index contributed by atoms with van der Waals surface area (Å²) >= 11 is 0.